The molecular weight excluding hydrogens is 314 g/mol. The van der Waals surface area contributed by atoms with Crippen molar-refractivity contribution in [3.8, 4) is 0 Å². The van der Waals surface area contributed by atoms with Crippen molar-refractivity contribution in [2.75, 3.05) is 14.1 Å². The summed E-state index contributed by atoms with van der Waals surface area (Å²) in [4.78, 5) is 22.1. The molecule has 2 aromatic rings. The van der Waals surface area contributed by atoms with Gasteiger partial charge in [-0.25, -0.2) is 5.43 Å². The van der Waals surface area contributed by atoms with Crippen LogP contribution < -0.4 is 5.43 Å². The third-order valence-corrected chi connectivity index (χ3v) is 4.85. The van der Waals surface area contributed by atoms with Gasteiger partial charge in [0.05, 0.1) is 5.57 Å². The van der Waals surface area contributed by atoms with Crippen LogP contribution in [0.2, 0.25) is 0 Å². The van der Waals surface area contributed by atoms with Crippen LogP contribution >= 0.6 is 0 Å². The predicted molar refractivity (Wildman–Crippen MR) is 97.1 cm³/mol. The molecule has 1 aliphatic carbocycles. The zero-order valence-corrected chi connectivity index (χ0v) is 14.4. The largest absolute Gasteiger partial charge is 0.359 e. The molecule has 2 aliphatic rings. The summed E-state index contributed by atoms with van der Waals surface area (Å²) in [6, 6.07) is 6.34. The highest BCUT2D eigenvalue weighted by Gasteiger charge is 2.26. The Hall–Kier alpha value is -2.73. The fourth-order valence-electron chi connectivity index (χ4n) is 3.63. The Morgan fingerprint density at radius 2 is 2.24 bits per heavy atom. The van der Waals surface area contributed by atoms with Crippen LogP contribution in [0.1, 0.15) is 41.4 Å². The molecule has 1 amide bonds. The van der Waals surface area contributed by atoms with E-state index in [1.165, 1.54) is 17.7 Å². The van der Waals surface area contributed by atoms with Crippen molar-refractivity contribution in [1.82, 2.24) is 20.3 Å². The van der Waals surface area contributed by atoms with Crippen LogP contribution in [-0.4, -0.2) is 40.6 Å². The molecular formula is C19H21N5O. The van der Waals surface area contributed by atoms with Crippen molar-refractivity contribution >= 4 is 17.7 Å². The van der Waals surface area contributed by atoms with Crippen molar-refractivity contribution in [2.24, 2.45) is 5.10 Å². The van der Waals surface area contributed by atoms with E-state index in [2.05, 4.69) is 45.6 Å². The van der Waals surface area contributed by atoms with E-state index < -0.39 is 0 Å². The van der Waals surface area contributed by atoms with Gasteiger partial charge < -0.3 is 9.88 Å². The van der Waals surface area contributed by atoms with Crippen molar-refractivity contribution < 1.29 is 4.79 Å². The number of aromatic nitrogens is 2. The molecule has 0 radical (unpaired) electrons. The molecule has 6 heteroatoms. The van der Waals surface area contributed by atoms with Crippen LogP contribution in [-0.2, 0) is 11.2 Å². The Bertz CT molecular complexity index is 863. The summed E-state index contributed by atoms with van der Waals surface area (Å²) in [5.41, 5.74) is 8.14. The molecule has 0 aromatic carbocycles. The molecule has 128 valence electrons. The van der Waals surface area contributed by atoms with Crippen molar-refractivity contribution in [2.45, 2.75) is 25.3 Å². The molecule has 6 nitrogen and oxygen atoms in total. The molecule has 1 aliphatic heterocycles. The number of aryl methyl sites for hydroxylation is 1. The van der Waals surface area contributed by atoms with Gasteiger partial charge in [-0.05, 0) is 63.2 Å². The highest BCUT2D eigenvalue weighted by molar-refractivity contribution is 6.33. The van der Waals surface area contributed by atoms with Crippen LogP contribution in [0.3, 0.4) is 0 Å². The lowest BCUT2D eigenvalue weighted by molar-refractivity contribution is -0.116. The van der Waals surface area contributed by atoms with Gasteiger partial charge in [-0.3, -0.25) is 9.78 Å². The highest BCUT2D eigenvalue weighted by Crippen LogP contribution is 2.34. The second-order valence-electron chi connectivity index (χ2n) is 6.73. The molecule has 4 rings (SSSR count). The standard InChI is InChI=1S/C19H21N5O/c1-24(2)17-7-3-6-16-14(17)9-13(21-16)10-15-18(22-23-19(15)25)12-5-4-8-20-11-12/h4-5,8-11,17,21H,3,6-7H2,1-2H3,(H,23,25). The first-order valence-electron chi connectivity index (χ1n) is 8.52. The molecule has 2 N–H and O–H groups in total. The lowest BCUT2D eigenvalue weighted by Crippen LogP contribution is -2.23. The number of hydrogen-bond acceptors (Lipinski definition) is 4. The number of hydrogen-bond donors (Lipinski definition) is 2. The minimum atomic E-state index is -0.185. The molecule has 0 saturated carbocycles. The van der Waals surface area contributed by atoms with E-state index in [4.69, 9.17) is 0 Å². The lowest BCUT2D eigenvalue weighted by atomic mass is 9.92. The van der Waals surface area contributed by atoms with Crippen LogP contribution in [0.15, 0.2) is 41.3 Å². The molecule has 1 atom stereocenters. The van der Waals surface area contributed by atoms with Gasteiger partial charge in [0.1, 0.15) is 5.71 Å². The van der Waals surface area contributed by atoms with Crippen molar-refractivity contribution in [1.29, 1.82) is 0 Å². The average molecular weight is 335 g/mol. The van der Waals surface area contributed by atoms with E-state index in [0.717, 1.165) is 24.1 Å². The van der Waals surface area contributed by atoms with Crippen molar-refractivity contribution in [3.05, 3.63) is 58.7 Å². The third-order valence-electron chi connectivity index (χ3n) is 4.85. The van der Waals surface area contributed by atoms with E-state index >= 15 is 0 Å². The highest BCUT2D eigenvalue weighted by atomic mass is 16.2. The topological polar surface area (TPSA) is 73.4 Å². The second-order valence-corrected chi connectivity index (χ2v) is 6.73. The summed E-state index contributed by atoms with van der Waals surface area (Å²) in [6.07, 6.45) is 8.70. The summed E-state index contributed by atoms with van der Waals surface area (Å²) >= 11 is 0. The van der Waals surface area contributed by atoms with E-state index in [-0.39, 0.29) is 5.91 Å². The maximum Gasteiger partial charge on any atom is 0.273 e. The number of carbonyl (C=O) groups excluding carboxylic acids is 1. The van der Waals surface area contributed by atoms with E-state index in [1.54, 1.807) is 12.4 Å². The molecule has 2 aromatic heterocycles. The number of amides is 1. The second kappa shape index (κ2) is 6.29. The number of pyridine rings is 1. The fraction of sp³-hybridized carbons (Fsp3) is 0.316. The summed E-state index contributed by atoms with van der Waals surface area (Å²) in [5.74, 6) is -0.185. The molecule has 3 heterocycles. The fourth-order valence-corrected chi connectivity index (χ4v) is 3.63. The SMILES string of the molecule is CN(C)C1CCCc2[nH]c(C=C3C(=O)NN=C3c3cccnc3)cc21. The lowest BCUT2D eigenvalue weighted by Gasteiger charge is -2.28. The molecule has 0 fully saturated rings. The van der Waals surface area contributed by atoms with Crippen LogP contribution in [0.4, 0.5) is 0 Å². The minimum absolute atomic E-state index is 0.185. The Balaban J connectivity index is 1.71. The van der Waals surface area contributed by atoms with Gasteiger partial charge in [0.2, 0.25) is 0 Å². The first-order valence-corrected chi connectivity index (χ1v) is 8.52. The minimum Gasteiger partial charge on any atom is -0.359 e. The first-order chi connectivity index (χ1) is 12.1. The summed E-state index contributed by atoms with van der Waals surface area (Å²) in [5, 5.41) is 4.18. The van der Waals surface area contributed by atoms with E-state index in [1.807, 2.05) is 18.2 Å². The van der Waals surface area contributed by atoms with Crippen LogP contribution in [0.25, 0.3) is 6.08 Å². The number of fused-ring (bicyclic) bond motifs is 1. The number of nitrogens with one attached hydrogen (secondary N) is 2. The van der Waals surface area contributed by atoms with Gasteiger partial charge in [-0.1, -0.05) is 0 Å². The van der Waals surface area contributed by atoms with Crippen LogP contribution in [0.5, 0.6) is 0 Å². The first kappa shape index (κ1) is 15.8. The Morgan fingerprint density at radius 1 is 1.36 bits per heavy atom. The van der Waals surface area contributed by atoms with E-state index in [0.29, 0.717) is 17.3 Å². The molecule has 0 spiro atoms. The number of H-pyrrole nitrogens is 1. The number of hydrazone groups is 1. The Morgan fingerprint density at radius 3 is 3.00 bits per heavy atom. The Kier molecular flexibility index (Phi) is 3.97. The summed E-state index contributed by atoms with van der Waals surface area (Å²) in [6.45, 7) is 0. The molecule has 0 bridgehead atoms. The van der Waals surface area contributed by atoms with Gasteiger partial charge >= 0.3 is 0 Å². The molecule has 1 unspecified atom stereocenters. The number of rotatable bonds is 3. The summed E-state index contributed by atoms with van der Waals surface area (Å²) < 4.78 is 0. The van der Waals surface area contributed by atoms with Crippen molar-refractivity contribution in [3.63, 3.8) is 0 Å². The van der Waals surface area contributed by atoms with E-state index in [9.17, 15) is 4.79 Å². The maximum atomic E-state index is 12.2. The Labute approximate surface area is 146 Å². The normalized spacial score (nSPS) is 21.4. The van der Waals surface area contributed by atoms with Gasteiger partial charge in [0, 0.05) is 35.4 Å². The number of aromatic amines is 1. The van der Waals surface area contributed by atoms with Gasteiger partial charge in [-0.15, -0.1) is 0 Å². The van der Waals surface area contributed by atoms with Gasteiger partial charge in [0.15, 0.2) is 0 Å². The zero-order chi connectivity index (χ0) is 17.4. The van der Waals surface area contributed by atoms with Gasteiger partial charge in [0.25, 0.3) is 5.91 Å². The maximum absolute atomic E-state index is 12.2. The summed E-state index contributed by atoms with van der Waals surface area (Å²) in [7, 11) is 4.23. The van der Waals surface area contributed by atoms with Crippen LogP contribution in [0, 0.1) is 0 Å². The quantitative estimate of drug-likeness (QED) is 0.845. The monoisotopic (exact) mass is 335 g/mol. The molecule has 0 saturated heterocycles. The predicted octanol–water partition coefficient (Wildman–Crippen LogP) is 2.27. The third kappa shape index (κ3) is 2.89. The average Bonchev–Trinajstić information content (AvgIpc) is 3.19. The zero-order valence-electron chi connectivity index (χ0n) is 14.4. The number of carbonyl (C=O) groups is 1. The van der Waals surface area contributed by atoms with Gasteiger partial charge in [-0.2, -0.15) is 5.10 Å². The number of nitrogens with zero attached hydrogens (tertiary/aromatic N) is 3. The molecule has 25 heavy (non-hydrogen) atoms. The smallest absolute Gasteiger partial charge is 0.273 e.